The van der Waals surface area contributed by atoms with E-state index >= 15 is 8.78 Å². The first-order chi connectivity index (χ1) is 15.7. The lowest BCUT2D eigenvalue weighted by molar-refractivity contribution is -0.173. The number of alkyl halides is 2. The van der Waals surface area contributed by atoms with Gasteiger partial charge in [0.2, 0.25) is 0 Å². The van der Waals surface area contributed by atoms with Crippen molar-refractivity contribution in [2.24, 2.45) is 0 Å². The van der Waals surface area contributed by atoms with Crippen LogP contribution in [-0.4, -0.2) is 15.1 Å². The predicted molar refractivity (Wildman–Crippen MR) is 112 cm³/mol. The molecule has 0 spiro atoms. The number of halogens is 5. The van der Waals surface area contributed by atoms with Crippen LogP contribution in [0.1, 0.15) is 27.3 Å². The number of benzene rings is 2. The average molecular weight is 472 g/mol. The van der Waals surface area contributed by atoms with E-state index in [9.17, 15) is 18.3 Å². The number of hydrogen-bond donors (Lipinski definition) is 1. The van der Waals surface area contributed by atoms with Crippen LogP contribution in [0.4, 0.5) is 22.0 Å². The van der Waals surface area contributed by atoms with Crippen LogP contribution in [0.5, 0.6) is 0 Å². The largest absolute Gasteiger partial charge is 0.373 e. The van der Waals surface area contributed by atoms with Crippen molar-refractivity contribution in [1.29, 1.82) is 0 Å². The molecule has 0 aliphatic carbocycles. The molecular weight excluding hydrogens is 459 g/mol. The van der Waals surface area contributed by atoms with Gasteiger partial charge in [-0.1, -0.05) is 11.8 Å². The highest BCUT2D eigenvalue weighted by molar-refractivity contribution is 7.09. The van der Waals surface area contributed by atoms with Crippen LogP contribution in [0.2, 0.25) is 0 Å². The molecule has 1 N–H and O–H groups in total. The number of nitrogens with zero attached hydrogens (tertiary/aromatic N) is 2. The molecule has 0 aliphatic rings. The van der Waals surface area contributed by atoms with Crippen molar-refractivity contribution in [2.75, 3.05) is 0 Å². The molecule has 1 atom stereocenters. The molecule has 9 heteroatoms. The van der Waals surface area contributed by atoms with Crippen LogP contribution >= 0.6 is 11.3 Å². The number of hydrogen-bond acceptors (Lipinski definition) is 4. The van der Waals surface area contributed by atoms with Gasteiger partial charge in [-0.2, -0.15) is 8.78 Å². The van der Waals surface area contributed by atoms with E-state index in [1.54, 1.807) is 0 Å². The quantitative estimate of drug-likeness (QED) is 0.320. The highest BCUT2D eigenvalue weighted by Crippen LogP contribution is 2.50. The fraction of sp³-hybridized carbons (Fsp3) is 0.0833. The smallest absolute Gasteiger partial charge is 0.326 e. The standard InChI is InChI=1S/C24H13F5N2OS/c25-17-6-3-15(4-7-17)1-2-16-5-10-21(31-12-16)24(28,29)23(32,22-13-30-14-33-22)19-9-8-18(26)11-20(19)27/h3-14,32H. The molecule has 1 unspecified atom stereocenters. The number of aromatic nitrogens is 2. The number of thiazole rings is 1. The second-order valence-corrected chi connectivity index (χ2v) is 7.85. The first-order valence-electron chi connectivity index (χ1n) is 9.40. The molecule has 33 heavy (non-hydrogen) atoms. The van der Waals surface area contributed by atoms with E-state index in [2.05, 4.69) is 21.8 Å². The fourth-order valence-electron chi connectivity index (χ4n) is 3.15. The maximum Gasteiger partial charge on any atom is 0.326 e. The Bertz CT molecular complexity index is 1330. The van der Waals surface area contributed by atoms with Gasteiger partial charge in [-0.3, -0.25) is 9.97 Å². The van der Waals surface area contributed by atoms with Crippen molar-refractivity contribution in [1.82, 2.24) is 9.97 Å². The van der Waals surface area contributed by atoms with E-state index in [0.29, 0.717) is 23.0 Å². The molecule has 0 fully saturated rings. The normalized spacial score (nSPS) is 13.2. The van der Waals surface area contributed by atoms with Crippen LogP contribution < -0.4 is 0 Å². The molecule has 2 aromatic heterocycles. The van der Waals surface area contributed by atoms with E-state index in [-0.39, 0.29) is 10.4 Å². The third-order valence-corrected chi connectivity index (χ3v) is 5.73. The Morgan fingerprint density at radius 1 is 0.818 bits per heavy atom. The van der Waals surface area contributed by atoms with E-state index in [4.69, 9.17) is 0 Å². The number of pyridine rings is 1. The summed E-state index contributed by atoms with van der Waals surface area (Å²) in [5.41, 5.74) is -2.86. The molecule has 4 rings (SSSR count). The lowest BCUT2D eigenvalue weighted by atomic mass is 9.83. The Morgan fingerprint density at radius 3 is 2.09 bits per heavy atom. The summed E-state index contributed by atoms with van der Waals surface area (Å²) < 4.78 is 72.3. The fourth-order valence-corrected chi connectivity index (χ4v) is 3.92. The molecule has 0 saturated heterocycles. The molecule has 4 aromatic rings. The minimum atomic E-state index is -4.12. The summed E-state index contributed by atoms with van der Waals surface area (Å²) in [6.45, 7) is 0. The summed E-state index contributed by atoms with van der Waals surface area (Å²) in [5.74, 6) is -1.39. The van der Waals surface area contributed by atoms with Crippen molar-refractivity contribution in [3.63, 3.8) is 0 Å². The van der Waals surface area contributed by atoms with Gasteiger partial charge in [0, 0.05) is 35.2 Å². The third-order valence-electron chi connectivity index (χ3n) is 4.84. The molecule has 0 radical (unpaired) electrons. The summed E-state index contributed by atoms with van der Waals surface area (Å²) >= 11 is 0.691. The highest BCUT2D eigenvalue weighted by Gasteiger charge is 2.59. The second-order valence-electron chi connectivity index (χ2n) is 6.96. The maximum absolute atomic E-state index is 15.7. The molecule has 3 nitrogen and oxygen atoms in total. The van der Waals surface area contributed by atoms with Crippen LogP contribution in [-0.2, 0) is 11.5 Å². The minimum absolute atomic E-state index is 0.285. The first-order valence-corrected chi connectivity index (χ1v) is 10.3. The van der Waals surface area contributed by atoms with Crippen molar-refractivity contribution in [3.05, 3.63) is 117 Å². The maximum atomic E-state index is 15.7. The Labute approximate surface area is 189 Å². The summed E-state index contributed by atoms with van der Waals surface area (Å²) in [6.07, 6.45) is 2.07. The van der Waals surface area contributed by atoms with Crippen LogP contribution in [0.25, 0.3) is 0 Å². The summed E-state index contributed by atoms with van der Waals surface area (Å²) in [6, 6.07) is 9.59. The molecule has 2 heterocycles. The van der Waals surface area contributed by atoms with Gasteiger partial charge < -0.3 is 5.11 Å². The number of rotatable bonds is 4. The second kappa shape index (κ2) is 8.73. The number of aliphatic hydroxyl groups is 1. The zero-order valence-corrected chi connectivity index (χ0v) is 17.4. The van der Waals surface area contributed by atoms with Crippen molar-refractivity contribution in [3.8, 4) is 11.8 Å². The molecule has 0 amide bonds. The molecule has 2 aromatic carbocycles. The molecular formula is C24H13F5N2OS. The van der Waals surface area contributed by atoms with Crippen molar-refractivity contribution in [2.45, 2.75) is 11.5 Å². The van der Waals surface area contributed by atoms with Gasteiger partial charge in [-0.25, -0.2) is 13.2 Å². The van der Waals surface area contributed by atoms with Gasteiger partial charge in [0.05, 0.1) is 10.4 Å². The lowest BCUT2D eigenvalue weighted by Gasteiger charge is -2.35. The highest BCUT2D eigenvalue weighted by atomic mass is 32.1. The van der Waals surface area contributed by atoms with E-state index in [1.165, 1.54) is 35.8 Å². The zero-order chi connectivity index (χ0) is 23.6. The Morgan fingerprint density at radius 2 is 1.48 bits per heavy atom. The molecule has 0 bridgehead atoms. The van der Waals surface area contributed by atoms with Crippen LogP contribution in [0.3, 0.4) is 0 Å². The minimum Gasteiger partial charge on any atom is -0.373 e. The van der Waals surface area contributed by atoms with Crippen LogP contribution in [0.15, 0.2) is 72.5 Å². The molecule has 0 saturated carbocycles. The van der Waals surface area contributed by atoms with Crippen LogP contribution in [0, 0.1) is 29.3 Å². The average Bonchev–Trinajstić information content (AvgIpc) is 3.34. The Hall–Kier alpha value is -3.61. The van der Waals surface area contributed by atoms with Crippen molar-refractivity contribution < 1.29 is 27.1 Å². The van der Waals surface area contributed by atoms with Gasteiger partial charge in [0.25, 0.3) is 0 Å². The third kappa shape index (κ3) is 4.23. The van der Waals surface area contributed by atoms with E-state index in [0.717, 1.165) is 30.6 Å². The molecule has 166 valence electrons. The summed E-state index contributed by atoms with van der Waals surface area (Å²) in [4.78, 5) is 7.10. The zero-order valence-electron chi connectivity index (χ0n) is 16.6. The van der Waals surface area contributed by atoms with Gasteiger partial charge in [-0.05, 0) is 48.5 Å². The van der Waals surface area contributed by atoms with E-state index in [1.807, 2.05) is 0 Å². The topological polar surface area (TPSA) is 46.0 Å². The van der Waals surface area contributed by atoms with Gasteiger partial charge in [0.1, 0.15) is 23.1 Å². The lowest BCUT2D eigenvalue weighted by Crippen LogP contribution is -2.45. The SMILES string of the molecule is OC(c1cncs1)(c1ccc(F)cc1F)C(F)(F)c1ccc(C#Cc2ccc(F)cc2)cn1. The molecule has 0 aliphatic heterocycles. The van der Waals surface area contributed by atoms with Crippen molar-refractivity contribution >= 4 is 11.3 Å². The van der Waals surface area contributed by atoms with E-state index < -0.39 is 40.2 Å². The summed E-state index contributed by atoms with van der Waals surface area (Å²) in [7, 11) is 0. The van der Waals surface area contributed by atoms with Gasteiger partial charge in [-0.15, -0.1) is 11.3 Å². The van der Waals surface area contributed by atoms with Gasteiger partial charge in [0.15, 0.2) is 5.60 Å². The Kier molecular flexibility index (Phi) is 5.97. The predicted octanol–water partition coefficient (Wildman–Crippen LogP) is 5.38. The first kappa shape index (κ1) is 22.6. The van der Waals surface area contributed by atoms with Gasteiger partial charge >= 0.3 is 5.92 Å². The monoisotopic (exact) mass is 472 g/mol. The summed E-state index contributed by atoms with van der Waals surface area (Å²) in [5, 5.41) is 11.2. The Balaban J connectivity index is 1.74.